The fourth-order valence-corrected chi connectivity index (χ4v) is 3.59. The number of fused-ring (bicyclic) bond motifs is 1. The van der Waals surface area contributed by atoms with Crippen LogP contribution in [-0.4, -0.2) is 0 Å². The Morgan fingerprint density at radius 1 is 0.950 bits per heavy atom. The Labute approximate surface area is 136 Å². The molecule has 0 aliphatic heterocycles. The molecule has 0 aliphatic carbocycles. The number of nitrogens with one attached hydrogen (secondary N) is 1. The molecular weight excluding hydrogens is 333 g/mol. The van der Waals surface area contributed by atoms with E-state index in [9.17, 15) is 0 Å². The van der Waals surface area contributed by atoms with Gasteiger partial charge in [-0.1, -0.05) is 53.0 Å². The van der Waals surface area contributed by atoms with Crippen LogP contribution in [0.3, 0.4) is 0 Å². The summed E-state index contributed by atoms with van der Waals surface area (Å²) in [4.78, 5) is 0. The molecule has 1 aromatic heterocycles. The molecule has 1 heterocycles. The monoisotopic (exact) mass is 341 g/mol. The maximum absolute atomic E-state index is 6.16. The lowest BCUT2D eigenvalue weighted by Crippen LogP contribution is -1.99. The molecule has 0 amide bonds. The summed E-state index contributed by atoms with van der Waals surface area (Å²) in [5, 5.41) is 8.25. The van der Waals surface area contributed by atoms with Gasteiger partial charge < -0.3 is 5.32 Å². The Kier molecular flexibility index (Phi) is 4.08. The first-order chi connectivity index (χ1) is 9.65. The third kappa shape index (κ3) is 2.75. The molecule has 0 atom stereocenters. The number of halogens is 3. The van der Waals surface area contributed by atoms with Crippen LogP contribution in [0.25, 0.3) is 10.1 Å². The van der Waals surface area contributed by atoms with Crippen molar-refractivity contribution in [2.75, 3.05) is 5.32 Å². The molecule has 0 aliphatic rings. The van der Waals surface area contributed by atoms with Gasteiger partial charge in [0.15, 0.2) is 0 Å². The molecule has 5 heteroatoms. The van der Waals surface area contributed by atoms with Gasteiger partial charge in [-0.2, -0.15) is 0 Å². The van der Waals surface area contributed by atoms with E-state index in [-0.39, 0.29) is 0 Å². The normalized spacial score (nSPS) is 10.9. The fourth-order valence-electron chi connectivity index (χ4n) is 2.02. The van der Waals surface area contributed by atoms with Gasteiger partial charge in [-0.3, -0.25) is 0 Å². The van der Waals surface area contributed by atoms with E-state index in [0.717, 1.165) is 5.69 Å². The van der Waals surface area contributed by atoms with Crippen LogP contribution in [0, 0.1) is 0 Å². The van der Waals surface area contributed by atoms with Crippen molar-refractivity contribution in [1.82, 2.24) is 0 Å². The van der Waals surface area contributed by atoms with Crippen molar-refractivity contribution in [2.24, 2.45) is 0 Å². The van der Waals surface area contributed by atoms with Crippen molar-refractivity contribution < 1.29 is 0 Å². The van der Waals surface area contributed by atoms with E-state index in [2.05, 4.69) is 22.8 Å². The van der Waals surface area contributed by atoms with Gasteiger partial charge in [0.1, 0.15) is 0 Å². The zero-order valence-electron chi connectivity index (χ0n) is 10.3. The number of anilines is 1. The Morgan fingerprint density at radius 2 is 1.70 bits per heavy atom. The summed E-state index contributed by atoms with van der Waals surface area (Å²) in [6.45, 7) is 0.696. The summed E-state index contributed by atoms with van der Waals surface area (Å²) in [6, 6.07) is 11.7. The highest BCUT2D eigenvalue weighted by Crippen LogP contribution is 2.33. The molecule has 102 valence electrons. The average molecular weight is 343 g/mol. The van der Waals surface area contributed by atoms with E-state index in [1.807, 2.05) is 12.1 Å². The van der Waals surface area contributed by atoms with Gasteiger partial charge in [-0.05, 0) is 34.5 Å². The second kappa shape index (κ2) is 5.82. The van der Waals surface area contributed by atoms with Crippen molar-refractivity contribution in [1.29, 1.82) is 0 Å². The third-order valence-electron chi connectivity index (χ3n) is 3.04. The second-order valence-corrected chi connectivity index (χ2v) is 6.49. The topological polar surface area (TPSA) is 12.0 Å². The van der Waals surface area contributed by atoms with E-state index in [1.54, 1.807) is 23.5 Å². The summed E-state index contributed by atoms with van der Waals surface area (Å²) < 4.78 is 1.28. The van der Waals surface area contributed by atoms with Gasteiger partial charge in [0.2, 0.25) is 0 Å². The van der Waals surface area contributed by atoms with Gasteiger partial charge >= 0.3 is 0 Å². The first-order valence-electron chi connectivity index (χ1n) is 5.98. The second-order valence-electron chi connectivity index (χ2n) is 4.36. The van der Waals surface area contributed by atoms with Crippen LogP contribution in [-0.2, 0) is 6.54 Å². The summed E-state index contributed by atoms with van der Waals surface area (Å²) in [5.74, 6) is 0. The Morgan fingerprint density at radius 3 is 2.55 bits per heavy atom. The van der Waals surface area contributed by atoms with E-state index in [4.69, 9.17) is 34.8 Å². The van der Waals surface area contributed by atoms with E-state index >= 15 is 0 Å². The highest BCUT2D eigenvalue weighted by atomic mass is 35.5. The van der Waals surface area contributed by atoms with E-state index in [0.29, 0.717) is 21.6 Å². The minimum absolute atomic E-state index is 0.461. The first kappa shape index (κ1) is 14.0. The highest BCUT2D eigenvalue weighted by Gasteiger charge is 2.07. The lowest BCUT2D eigenvalue weighted by atomic mass is 10.2. The van der Waals surface area contributed by atoms with Crippen LogP contribution in [0.5, 0.6) is 0 Å². The minimum Gasteiger partial charge on any atom is -0.380 e. The van der Waals surface area contributed by atoms with Gasteiger partial charge in [0, 0.05) is 11.2 Å². The van der Waals surface area contributed by atoms with Gasteiger partial charge in [-0.25, -0.2) is 0 Å². The smallest absolute Gasteiger partial charge is 0.0653 e. The maximum atomic E-state index is 6.16. The highest BCUT2D eigenvalue weighted by molar-refractivity contribution is 7.17. The molecule has 20 heavy (non-hydrogen) atoms. The summed E-state index contributed by atoms with van der Waals surface area (Å²) in [7, 11) is 0. The Hall–Kier alpha value is -0.930. The molecule has 0 saturated heterocycles. The van der Waals surface area contributed by atoms with Crippen molar-refractivity contribution in [2.45, 2.75) is 6.54 Å². The molecule has 0 saturated carbocycles. The Bertz CT molecular complexity index is 767. The lowest BCUT2D eigenvalue weighted by Gasteiger charge is -2.09. The van der Waals surface area contributed by atoms with Crippen molar-refractivity contribution in [3.8, 4) is 0 Å². The molecule has 0 radical (unpaired) electrons. The number of thiophene rings is 1. The largest absolute Gasteiger partial charge is 0.380 e. The summed E-state index contributed by atoms with van der Waals surface area (Å²) >= 11 is 19.8. The molecule has 3 rings (SSSR count). The van der Waals surface area contributed by atoms with Crippen LogP contribution < -0.4 is 5.32 Å². The van der Waals surface area contributed by atoms with Crippen LogP contribution in [0.15, 0.2) is 41.8 Å². The quantitative estimate of drug-likeness (QED) is 0.537. The number of hydrogen-bond donors (Lipinski definition) is 1. The predicted molar refractivity (Wildman–Crippen MR) is 90.6 cm³/mol. The number of benzene rings is 2. The van der Waals surface area contributed by atoms with E-state index in [1.165, 1.54) is 15.6 Å². The van der Waals surface area contributed by atoms with Crippen molar-refractivity contribution >= 4 is 61.9 Å². The molecule has 2 aromatic carbocycles. The molecular formula is C15H10Cl3NS. The van der Waals surface area contributed by atoms with Crippen LogP contribution in [0.4, 0.5) is 5.69 Å². The maximum Gasteiger partial charge on any atom is 0.0653 e. The van der Waals surface area contributed by atoms with Crippen molar-refractivity contribution in [3.05, 3.63) is 62.4 Å². The predicted octanol–water partition coefficient (Wildman–Crippen LogP) is 6.47. The summed E-state index contributed by atoms with van der Waals surface area (Å²) in [6.07, 6.45) is 0. The van der Waals surface area contributed by atoms with Crippen LogP contribution >= 0.6 is 46.1 Å². The molecule has 0 unspecified atom stereocenters. The van der Waals surface area contributed by atoms with E-state index < -0.39 is 0 Å². The average Bonchev–Trinajstić information content (AvgIpc) is 2.85. The zero-order valence-corrected chi connectivity index (χ0v) is 13.4. The number of rotatable bonds is 3. The minimum atomic E-state index is 0.461. The van der Waals surface area contributed by atoms with Gasteiger partial charge in [-0.15, -0.1) is 11.3 Å². The summed E-state index contributed by atoms with van der Waals surface area (Å²) in [5.41, 5.74) is 2.03. The lowest BCUT2D eigenvalue weighted by molar-refractivity contribution is 1.18. The molecule has 1 N–H and O–H groups in total. The third-order valence-corrected chi connectivity index (χ3v) is 5.09. The van der Waals surface area contributed by atoms with Gasteiger partial charge in [0.25, 0.3) is 0 Å². The molecule has 1 nitrogen and oxygen atoms in total. The molecule has 0 spiro atoms. The molecule has 0 bridgehead atoms. The molecule has 3 aromatic rings. The fraction of sp³-hybridized carbons (Fsp3) is 0.0667. The van der Waals surface area contributed by atoms with Crippen molar-refractivity contribution in [3.63, 3.8) is 0 Å². The number of hydrogen-bond acceptors (Lipinski definition) is 2. The van der Waals surface area contributed by atoms with Crippen LogP contribution in [0.2, 0.25) is 15.1 Å². The first-order valence-corrected chi connectivity index (χ1v) is 8.00. The zero-order chi connectivity index (χ0) is 14.1. The van der Waals surface area contributed by atoms with Crippen LogP contribution in [0.1, 0.15) is 5.56 Å². The molecule has 0 fully saturated rings. The standard InChI is InChI=1S/C15H10Cl3NS/c16-11-5-13(18)14(6-12(11)17)19-7-9-8-20-15-4-2-1-3-10(9)15/h1-6,8,19H,7H2. The Balaban J connectivity index is 1.85. The van der Waals surface area contributed by atoms with Gasteiger partial charge in [0.05, 0.1) is 20.8 Å². The SMILES string of the molecule is Clc1cc(Cl)c(NCc2csc3ccccc23)cc1Cl.